The monoisotopic (exact) mass is 402 g/mol. The molecular formula is C20H19FN2O4S. The summed E-state index contributed by atoms with van der Waals surface area (Å²) in [5.74, 6) is -1.57. The summed E-state index contributed by atoms with van der Waals surface area (Å²) in [5, 5.41) is 2.55. The highest BCUT2D eigenvalue weighted by molar-refractivity contribution is 8.00. The number of anilines is 1. The molecule has 2 amide bonds. The van der Waals surface area contributed by atoms with Gasteiger partial charge in [0.2, 0.25) is 5.91 Å². The van der Waals surface area contributed by atoms with Crippen molar-refractivity contribution in [3.8, 4) is 0 Å². The number of carbonyl (C=O) groups excluding carboxylic acids is 3. The van der Waals surface area contributed by atoms with Crippen molar-refractivity contribution in [1.82, 2.24) is 4.90 Å². The number of halogens is 1. The van der Waals surface area contributed by atoms with Crippen molar-refractivity contribution >= 4 is 35.2 Å². The van der Waals surface area contributed by atoms with E-state index in [1.54, 1.807) is 38.2 Å². The number of fused-ring (bicyclic) bond motifs is 1. The second-order valence-electron chi connectivity index (χ2n) is 6.42. The Labute approximate surface area is 166 Å². The van der Waals surface area contributed by atoms with Gasteiger partial charge in [0.15, 0.2) is 6.61 Å². The average molecular weight is 402 g/mol. The summed E-state index contributed by atoms with van der Waals surface area (Å²) in [6.45, 7) is 1.57. The third kappa shape index (κ3) is 4.69. The fourth-order valence-corrected chi connectivity index (χ4v) is 3.58. The van der Waals surface area contributed by atoms with Gasteiger partial charge in [-0.05, 0) is 42.8 Å². The molecule has 3 rings (SSSR count). The zero-order chi connectivity index (χ0) is 20.3. The Balaban J connectivity index is 1.57. The lowest BCUT2D eigenvalue weighted by Crippen LogP contribution is -2.31. The molecule has 0 fully saturated rings. The van der Waals surface area contributed by atoms with Crippen LogP contribution in [0.15, 0.2) is 47.4 Å². The molecule has 1 aliphatic rings. The van der Waals surface area contributed by atoms with Crippen LogP contribution in [0.5, 0.6) is 0 Å². The number of ether oxygens (including phenoxy) is 1. The van der Waals surface area contributed by atoms with Crippen molar-refractivity contribution < 1.29 is 23.5 Å². The van der Waals surface area contributed by atoms with Gasteiger partial charge in [0.25, 0.3) is 5.91 Å². The predicted octanol–water partition coefficient (Wildman–Crippen LogP) is 3.07. The summed E-state index contributed by atoms with van der Waals surface area (Å²) in [4.78, 5) is 38.4. The van der Waals surface area contributed by atoms with Crippen molar-refractivity contribution in [1.29, 1.82) is 0 Å². The highest BCUT2D eigenvalue weighted by Gasteiger charge is 2.24. The number of hydrogen-bond acceptors (Lipinski definition) is 5. The predicted molar refractivity (Wildman–Crippen MR) is 104 cm³/mol. The van der Waals surface area contributed by atoms with Crippen LogP contribution >= 0.6 is 11.8 Å². The number of rotatable bonds is 5. The average Bonchev–Trinajstić information content (AvgIpc) is 2.66. The minimum atomic E-state index is -0.659. The highest BCUT2D eigenvalue weighted by Crippen LogP contribution is 2.36. The largest absolute Gasteiger partial charge is 0.452 e. The van der Waals surface area contributed by atoms with Crippen LogP contribution in [-0.2, 0) is 20.9 Å². The SMILES string of the molecule is C[C@H]1Sc2ccc(C(=O)OCC(=O)N(C)Cc3cccc(F)c3)cc2NC1=O. The van der Waals surface area contributed by atoms with Crippen LogP contribution in [0.4, 0.5) is 10.1 Å². The molecule has 1 N–H and O–H groups in total. The number of likely N-dealkylation sites (N-methyl/N-ethyl adjacent to an activating group) is 1. The molecule has 0 bridgehead atoms. The van der Waals surface area contributed by atoms with E-state index in [1.807, 2.05) is 0 Å². The number of hydrogen-bond donors (Lipinski definition) is 1. The molecule has 6 nitrogen and oxygen atoms in total. The van der Waals surface area contributed by atoms with Crippen molar-refractivity contribution in [3.63, 3.8) is 0 Å². The van der Waals surface area contributed by atoms with E-state index in [2.05, 4.69) is 5.32 Å². The molecule has 0 unspecified atom stereocenters. The van der Waals surface area contributed by atoms with Gasteiger partial charge in [-0.2, -0.15) is 0 Å². The lowest BCUT2D eigenvalue weighted by molar-refractivity contribution is -0.133. The van der Waals surface area contributed by atoms with Crippen molar-refractivity contribution in [2.75, 3.05) is 19.0 Å². The van der Waals surface area contributed by atoms with Crippen molar-refractivity contribution in [2.24, 2.45) is 0 Å². The van der Waals surface area contributed by atoms with E-state index in [0.29, 0.717) is 11.3 Å². The fourth-order valence-electron chi connectivity index (χ4n) is 2.65. The molecule has 0 spiro atoms. The van der Waals surface area contributed by atoms with Gasteiger partial charge in [0, 0.05) is 18.5 Å². The molecule has 0 saturated carbocycles. The highest BCUT2D eigenvalue weighted by atomic mass is 32.2. The van der Waals surface area contributed by atoms with Crippen LogP contribution < -0.4 is 5.32 Å². The molecule has 2 aromatic rings. The van der Waals surface area contributed by atoms with Gasteiger partial charge in [-0.3, -0.25) is 9.59 Å². The summed E-state index contributed by atoms with van der Waals surface area (Å²) < 4.78 is 18.3. The first-order valence-corrected chi connectivity index (χ1v) is 9.48. The lowest BCUT2D eigenvalue weighted by Gasteiger charge is -2.21. The molecule has 0 aromatic heterocycles. The van der Waals surface area contributed by atoms with Crippen LogP contribution in [0, 0.1) is 5.82 Å². The smallest absolute Gasteiger partial charge is 0.338 e. The Morgan fingerprint density at radius 2 is 2.04 bits per heavy atom. The third-order valence-corrected chi connectivity index (χ3v) is 5.38. The van der Waals surface area contributed by atoms with Crippen molar-refractivity contribution in [3.05, 3.63) is 59.4 Å². The Morgan fingerprint density at radius 1 is 1.25 bits per heavy atom. The van der Waals surface area contributed by atoms with Crippen LogP contribution in [0.25, 0.3) is 0 Å². The molecule has 1 atom stereocenters. The van der Waals surface area contributed by atoms with Crippen LogP contribution in [0.2, 0.25) is 0 Å². The molecule has 0 aliphatic carbocycles. The van der Waals surface area contributed by atoms with Gasteiger partial charge in [-0.25, -0.2) is 9.18 Å². The Bertz CT molecular complexity index is 934. The first-order chi connectivity index (χ1) is 13.3. The topological polar surface area (TPSA) is 75.7 Å². The molecule has 0 radical (unpaired) electrons. The Hall–Kier alpha value is -2.87. The van der Waals surface area contributed by atoms with E-state index in [-0.39, 0.29) is 29.1 Å². The number of carbonyl (C=O) groups is 3. The number of benzene rings is 2. The van der Waals surface area contributed by atoms with E-state index in [4.69, 9.17) is 4.74 Å². The van der Waals surface area contributed by atoms with Crippen molar-refractivity contribution in [2.45, 2.75) is 23.6 Å². The molecule has 28 heavy (non-hydrogen) atoms. The minimum absolute atomic E-state index is 0.128. The Kier molecular flexibility index (Phi) is 5.99. The number of nitrogens with zero attached hydrogens (tertiary/aromatic N) is 1. The Morgan fingerprint density at radius 3 is 2.79 bits per heavy atom. The fraction of sp³-hybridized carbons (Fsp3) is 0.250. The first kappa shape index (κ1) is 19.9. The van der Waals surface area contributed by atoms with Gasteiger partial charge in [-0.15, -0.1) is 11.8 Å². The van der Waals surface area contributed by atoms with E-state index >= 15 is 0 Å². The summed E-state index contributed by atoms with van der Waals surface area (Å²) in [6.07, 6.45) is 0. The number of nitrogens with one attached hydrogen (secondary N) is 1. The third-order valence-electron chi connectivity index (χ3n) is 4.21. The molecule has 8 heteroatoms. The normalized spacial score (nSPS) is 15.4. The second-order valence-corrected chi connectivity index (χ2v) is 7.80. The van der Waals surface area contributed by atoms with Gasteiger partial charge in [0.1, 0.15) is 5.82 Å². The van der Waals surface area contributed by atoms with E-state index in [9.17, 15) is 18.8 Å². The maximum absolute atomic E-state index is 13.2. The minimum Gasteiger partial charge on any atom is -0.452 e. The summed E-state index contributed by atoms with van der Waals surface area (Å²) in [7, 11) is 1.55. The molecule has 1 aliphatic heterocycles. The first-order valence-electron chi connectivity index (χ1n) is 8.60. The van der Waals surface area contributed by atoms with Crippen LogP contribution in [0.1, 0.15) is 22.8 Å². The van der Waals surface area contributed by atoms with Gasteiger partial charge in [0.05, 0.1) is 16.5 Å². The van der Waals surface area contributed by atoms with Crippen LogP contribution in [-0.4, -0.2) is 41.6 Å². The van der Waals surface area contributed by atoms with E-state index in [0.717, 1.165) is 4.90 Å². The van der Waals surface area contributed by atoms with E-state index < -0.39 is 18.5 Å². The van der Waals surface area contributed by atoms with Gasteiger partial charge in [-0.1, -0.05) is 12.1 Å². The summed E-state index contributed by atoms with van der Waals surface area (Å²) in [5.41, 5.74) is 1.44. The maximum Gasteiger partial charge on any atom is 0.338 e. The summed E-state index contributed by atoms with van der Waals surface area (Å²) >= 11 is 1.41. The molecule has 0 saturated heterocycles. The second kappa shape index (κ2) is 8.43. The zero-order valence-electron chi connectivity index (χ0n) is 15.4. The molecule has 146 valence electrons. The summed E-state index contributed by atoms with van der Waals surface area (Å²) in [6, 6.07) is 10.8. The lowest BCUT2D eigenvalue weighted by atomic mass is 10.2. The number of amides is 2. The molecule has 1 heterocycles. The van der Waals surface area contributed by atoms with Crippen LogP contribution in [0.3, 0.4) is 0 Å². The number of esters is 1. The van der Waals surface area contributed by atoms with E-state index in [1.165, 1.54) is 34.9 Å². The van der Waals surface area contributed by atoms with Gasteiger partial charge >= 0.3 is 5.97 Å². The maximum atomic E-state index is 13.2. The zero-order valence-corrected chi connectivity index (χ0v) is 16.2. The standard InChI is InChI=1S/C20H19FN2O4S/c1-12-19(25)22-16-9-14(6-7-17(16)28-12)20(26)27-11-18(24)23(2)10-13-4-3-5-15(21)8-13/h3-9,12H,10-11H2,1-2H3,(H,22,25)/t12-/m1/s1. The van der Waals surface area contributed by atoms with Gasteiger partial charge < -0.3 is 15.0 Å². The number of thioether (sulfide) groups is 1. The molecular weight excluding hydrogens is 383 g/mol. The quantitative estimate of drug-likeness (QED) is 0.778. The molecule has 2 aromatic carbocycles.